The Morgan fingerprint density at radius 1 is 1.14 bits per heavy atom. The van der Waals surface area contributed by atoms with Crippen LogP contribution >= 0.6 is 0 Å². The van der Waals surface area contributed by atoms with Gasteiger partial charge in [-0.3, -0.25) is 9.59 Å². The molecule has 1 saturated carbocycles. The number of ether oxygens (including phenoxy) is 1. The maximum Gasteiger partial charge on any atom is 0.320 e. The van der Waals surface area contributed by atoms with Crippen LogP contribution in [0.5, 0.6) is 0 Å². The molecule has 0 aromatic rings. The standard InChI is InChI=1S/C16H29NO4/c1-16(2,3)21-15(20)11-17-9-8-12-4-6-13(7-5-12)10-14(18)19/h12-13,17H,4-11H2,1-3H3,(H,18,19)/t12-,13-. The molecular formula is C16H29NO4. The van der Waals surface area contributed by atoms with Gasteiger partial charge in [0.25, 0.3) is 0 Å². The first kappa shape index (κ1) is 18.0. The van der Waals surface area contributed by atoms with Crippen molar-refractivity contribution < 1.29 is 19.4 Å². The Kier molecular flexibility index (Phi) is 7.15. The minimum absolute atomic E-state index is 0.215. The van der Waals surface area contributed by atoms with E-state index in [1.165, 1.54) is 0 Å². The number of carbonyl (C=O) groups is 2. The zero-order valence-corrected chi connectivity index (χ0v) is 13.5. The quantitative estimate of drug-likeness (QED) is 0.558. The molecule has 1 aliphatic rings. The lowest BCUT2D eigenvalue weighted by molar-refractivity contribution is -0.153. The minimum Gasteiger partial charge on any atom is -0.481 e. The van der Waals surface area contributed by atoms with Crippen LogP contribution in [0.15, 0.2) is 0 Å². The van der Waals surface area contributed by atoms with Gasteiger partial charge in [-0.25, -0.2) is 0 Å². The van der Waals surface area contributed by atoms with Crippen LogP contribution in [0.2, 0.25) is 0 Å². The molecule has 0 heterocycles. The molecule has 0 atom stereocenters. The number of esters is 1. The van der Waals surface area contributed by atoms with E-state index in [0.717, 1.165) is 38.6 Å². The summed E-state index contributed by atoms with van der Waals surface area (Å²) in [5.74, 6) is 0.111. The Morgan fingerprint density at radius 3 is 2.24 bits per heavy atom. The maximum absolute atomic E-state index is 11.5. The van der Waals surface area contributed by atoms with Crippen molar-refractivity contribution in [3.8, 4) is 0 Å². The van der Waals surface area contributed by atoms with Gasteiger partial charge in [0, 0.05) is 6.42 Å². The second-order valence-corrected chi connectivity index (χ2v) is 7.04. The van der Waals surface area contributed by atoms with Crippen molar-refractivity contribution in [1.82, 2.24) is 5.32 Å². The largest absolute Gasteiger partial charge is 0.481 e. The molecule has 21 heavy (non-hydrogen) atoms. The van der Waals surface area contributed by atoms with Gasteiger partial charge in [-0.2, -0.15) is 0 Å². The molecule has 0 radical (unpaired) electrons. The molecule has 5 heteroatoms. The summed E-state index contributed by atoms with van der Waals surface area (Å²) in [6.45, 7) is 6.65. The first-order chi connectivity index (χ1) is 9.76. The molecule has 1 aliphatic carbocycles. The van der Waals surface area contributed by atoms with E-state index in [2.05, 4.69) is 5.32 Å². The van der Waals surface area contributed by atoms with Gasteiger partial charge in [0.05, 0.1) is 6.54 Å². The number of carbonyl (C=O) groups excluding carboxylic acids is 1. The molecule has 0 saturated heterocycles. The molecule has 0 aromatic carbocycles. The van der Waals surface area contributed by atoms with E-state index in [0.29, 0.717) is 18.3 Å². The molecule has 0 aromatic heterocycles. The highest BCUT2D eigenvalue weighted by atomic mass is 16.6. The van der Waals surface area contributed by atoms with Crippen molar-refractivity contribution in [3.63, 3.8) is 0 Å². The van der Waals surface area contributed by atoms with Crippen molar-refractivity contribution >= 4 is 11.9 Å². The molecule has 0 bridgehead atoms. The summed E-state index contributed by atoms with van der Waals surface area (Å²) in [4.78, 5) is 22.2. The van der Waals surface area contributed by atoms with Gasteiger partial charge in [-0.05, 0) is 58.4 Å². The lowest BCUT2D eigenvalue weighted by Crippen LogP contribution is -2.32. The molecular weight excluding hydrogens is 270 g/mol. The molecule has 1 fully saturated rings. The van der Waals surface area contributed by atoms with E-state index >= 15 is 0 Å². The van der Waals surface area contributed by atoms with Crippen molar-refractivity contribution in [2.45, 2.75) is 64.9 Å². The van der Waals surface area contributed by atoms with Crippen LogP contribution < -0.4 is 5.32 Å². The van der Waals surface area contributed by atoms with Crippen molar-refractivity contribution in [2.24, 2.45) is 11.8 Å². The number of carboxylic acids is 1. The monoisotopic (exact) mass is 299 g/mol. The SMILES string of the molecule is CC(C)(C)OC(=O)CNCC[C@H]1CC[C@H](CC(=O)O)CC1. The summed E-state index contributed by atoms with van der Waals surface area (Å²) in [7, 11) is 0. The maximum atomic E-state index is 11.5. The first-order valence-electron chi connectivity index (χ1n) is 7.90. The second kappa shape index (κ2) is 8.37. The molecule has 5 nitrogen and oxygen atoms in total. The third-order valence-corrected chi connectivity index (χ3v) is 3.85. The Labute approximate surface area is 127 Å². The number of aliphatic carboxylic acids is 1. The Hall–Kier alpha value is -1.10. The predicted octanol–water partition coefficient (Wildman–Crippen LogP) is 2.59. The highest BCUT2D eigenvalue weighted by Gasteiger charge is 2.22. The zero-order chi connectivity index (χ0) is 15.9. The van der Waals surface area contributed by atoms with Crippen LogP contribution in [0.25, 0.3) is 0 Å². The number of nitrogens with one attached hydrogen (secondary N) is 1. The lowest BCUT2D eigenvalue weighted by Gasteiger charge is -2.27. The van der Waals surface area contributed by atoms with Crippen LogP contribution in [0, 0.1) is 11.8 Å². The topological polar surface area (TPSA) is 75.6 Å². The predicted molar refractivity (Wildman–Crippen MR) is 81.0 cm³/mol. The number of hydrogen-bond acceptors (Lipinski definition) is 4. The van der Waals surface area contributed by atoms with Gasteiger partial charge < -0.3 is 15.2 Å². The van der Waals surface area contributed by atoms with E-state index in [4.69, 9.17) is 9.84 Å². The summed E-state index contributed by atoms with van der Waals surface area (Å²) >= 11 is 0. The van der Waals surface area contributed by atoms with Crippen LogP contribution in [0.3, 0.4) is 0 Å². The van der Waals surface area contributed by atoms with Crippen molar-refractivity contribution in [3.05, 3.63) is 0 Å². The molecule has 0 unspecified atom stereocenters. The van der Waals surface area contributed by atoms with Gasteiger partial charge in [0.2, 0.25) is 0 Å². The Bertz CT molecular complexity index is 341. The van der Waals surface area contributed by atoms with E-state index in [9.17, 15) is 9.59 Å². The third-order valence-electron chi connectivity index (χ3n) is 3.85. The minimum atomic E-state index is -0.683. The highest BCUT2D eigenvalue weighted by Crippen LogP contribution is 2.32. The first-order valence-corrected chi connectivity index (χ1v) is 7.90. The van der Waals surface area contributed by atoms with Crippen LogP contribution in [-0.2, 0) is 14.3 Å². The highest BCUT2D eigenvalue weighted by molar-refractivity contribution is 5.72. The van der Waals surface area contributed by atoms with Crippen LogP contribution in [0.1, 0.15) is 59.3 Å². The number of hydrogen-bond donors (Lipinski definition) is 2. The molecule has 122 valence electrons. The Balaban J connectivity index is 2.07. The molecule has 1 rings (SSSR count). The average Bonchev–Trinajstić information content (AvgIpc) is 2.34. The summed E-state index contributed by atoms with van der Waals surface area (Å²) in [5.41, 5.74) is -0.429. The summed E-state index contributed by atoms with van der Waals surface area (Å²) < 4.78 is 5.22. The van der Waals surface area contributed by atoms with Crippen molar-refractivity contribution in [2.75, 3.05) is 13.1 Å². The average molecular weight is 299 g/mol. The van der Waals surface area contributed by atoms with Gasteiger partial charge in [-0.15, -0.1) is 0 Å². The van der Waals surface area contributed by atoms with Gasteiger partial charge in [0.15, 0.2) is 0 Å². The van der Waals surface area contributed by atoms with Crippen LogP contribution in [0.4, 0.5) is 0 Å². The lowest BCUT2D eigenvalue weighted by atomic mass is 9.79. The molecule has 2 N–H and O–H groups in total. The smallest absolute Gasteiger partial charge is 0.320 e. The van der Waals surface area contributed by atoms with Gasteiger partial charge >= 0.3 is 11.9 Å². The summed E-state index contributed by atoms with van der Waals surface area (Å²) in [6.07, 6.45) is 5.59. The second-order valence-electron chi connectivity index (χ2n) is 7.04. The fraction of sp³-hybridized carbons (Fsp3) is 0.875. The molecule has 0 amide bonds. The van der Waals surface area contributed by atoms with E-state index in [1.807, 2.05) is 20.8 Å². The van der Waals surface area contributed by atoms with Gasteiger partial charge in [-0.1, -0.05) is 12.8 Å². The van der Waals surface area contributed by atoms with Gasteiger partial charge in [0.1, 0.15) is 5.60 Å². The number of rotatable bonds is 7. The van der Waals surface area contributed by atoms with Crippen molar-refractivity contribution in [1.29, 1.82) is 0 Å². The molecule has 0 spiro atoms. The third kappa shape index (κ3) is 8.71. The van der Waals surface area contributed by atoms with E-state index in [1.54, 1.807) is 0 Å². The summed E-state index contributed by atoms with van der Waals surface area (Å²) in [6, 6.07) is 0. The van der Waals surface area contributed by atoms with E-state index < -0.39 is 11.6 Å². The summed E-state index contributed by atoms with van der Waals surface area (Å²) in [5, 5.41) is 11.9. The molecule has 0 aliphatic heterocycles. The fourth-order valence-corrected chi connectivity index (χ4v) is 2.85. The zero-order valence-electron chi connectivity index (χ0n) is 13.5. The fourth-order valence-electron chi connectivity index (χ4n) is 2.85. The normalized spacial score (nSPS) is 22.8. The Morgan fingerprint density at radius 2 is 1.71 bits per heavy atom. The van der Waals surface area contributed by atoms with E-state index in [-0.39, 0.29) is 12.5 Å². The van der Waals surface area contributed by atoms with Crippen LogP contribution in [-0.4, -0.2) is 35.7 Å². The number of carboxylic acid groups (broad SMARTS) is 1.